The predicted octanol–water partition coefficient (Wildman–Crippen LogP) is -0.308. The summed E-state index contributed by atoms with van der Waals surface area (Å²) in [6, 6.07) is 5.23. The summed E-state index contributed by atoms with van der Waals surface area (Å²) < 4.78 is 12.6. The third-order valence-corrected chi connectivity index (χ3v) is 4.40. The third-order valence-electron chi connectivity index (χ3n) is 4.40. The zero-order valence-electron chi connectivity index (χ0n) is 16.7. The number of nitrogens with one attached hydrogen (secondary N) is 1. The van der Waals surface area contributed by atoms with Crippen molar-refractivity contribution in [3.05, 3.63) is 34.9 Å². The van der Waals surface area contributed by atoms with Crippen molar-refractivity contribution in [2.24, 2.45) is 11.5 Å². The Hall–Kier alpha value is -3.64. The number of nitrogens with two attached hydrogens (primary N) is 2. The van der Waals surface area contributed by atoms with Crippen LogP contribution < -0.4 is 31.9 Å². The van der Waals surface area contributed by atoms with Crippen molar-refractivity contribution >= 4 is 23.4 Å². The lowest BCUT2D eigenvalue weighted by atomic mass is 10.2. The Morgan fingerprint density at radius 1 is 1.26 bits per heavy atom. The lowest BCUT2D eigenvalue weighted by molar-refractivity contribution is -0.144. The molecular formula is C19H24N6O6. The van der Waals surface area contributed by atoms with E-state index >= 15 is 0 Å². The molecule has 1 amide bonds. The summed E-state index contributed by atoms with van der Waals surface area (Å²) in [5, 5.41) is 12.0. The SMILES string of the molecule is NCCCOc1cccc2c1Nc1nc(=O)n(CC(=O)N(CCN)CC(=O)O)cc1O2. The highest BCUT2D eigenvalue weighted by molar-refractivity contribution is 5.81. The minimum absolute atomic E-state index is 0.0522. The number of amides is 1. The summed E-state index contributed by atoms with van der Waals surface area (Å²) in [4.78, 5) is 40.9. The molecular weight excluding hydrogens is 408 g/mol. The Morgan fingerprint density at radius 3 is 2.77 bits per heavy atom. The number of para-hydroxylation sites is 1. The van der Waals surface area contributed by atoms with Gasteiger partial charge in [0.2, 0.25) is 5.91 Å². The maximum atomic E-state index is 12.5. The van der Waals surface area contributed by atoms with Crippen LogP contribution in [-0.4, -0.2) is 64.2 Å². The molecule has 166 valence electrons. The molecule has 6 N–H and O–H groups in total. The van der Waals surface area contributed by atoms with Crippen molar-refractivity contribution in [3.8, 4) is 17.2 Å². The summed E-state index contributed by atoms with van der Waals surface area (Å²) >= 11 is 0. The number of fused-ring (bicyclic) bond motifs is 2. The van der Waals surface area contributed by atoms with Gasteiger partial charge in [-0.3, -0.25) is 14.2 Å². The summed E-state index contributed by atoms with van der Waals surface area (Å²) in [5.41, 5.74) is 10.8. The predicted molar refractivity (Wildman–Crippen MR) is 111 cm³/mol. The summed E-state index contributed by atoms with van der Waals surface area (Å²) in [6.07, 6.45) is 2.03. The van der Waals surface area contributed by atoms with Crippen LogP contribution in [0.1, 0.15) is 6.42 Å². The zero-order valence-corrected chi connectivity index (χ0v) is 16.7. The molecule has 12 nitrogen and oxygen atoms in total. The highest BCUT2D eigenvalue weighted by atomic mass is 16.5. The van der Waals surface area contributed by atoms with Crippen LogP contribution in [0, 0.1) is 0 Å². The van der Waals surface area contributed by atoms with Crippen molar-refractivity contribution in [2.45, 2.75) is 13.0 Å². The van der Waals surface area contributed by atoms with Gasteiger partial charge in [-0.05, 0) is 25.1 Å². The smallest absolute Gasteiger partial charge is 0.350 e. The Bertz CT molecular complexity index is 1020. The maximum Gasteiger partial charge on any atom is 0.350 e. The number of hydrogen-bond donors (Lipinski definition) is 4. The number of benzene rings is 1. The first-order valence-corrected chi connectivity index (χ1v) is 9.64. The van der Waals surface area contributed by atoms with Gasteiger partial charge in [0.05, 0.1) is 12.8 Å². The van der Waals surface area contributed by atoms with E-state index in [0.29, 0.717) is 36.8 Å². The number of nitrogens with zero attached hydrogens (tertiary/aromatic N) is 3. The van der Waals surface area contributed by atoms with Gasteiger partial charge in [-0.15, -0.1) is 0 Å². The topological polar surface area (TPSA) is 175 Å². The van der Waals surface area contributed by atoms with Crippen LogP contribution in [0.25, 0.3) is 0 Å². The van der Waals surface area contributed by atoms with E-state index in [2.05, 4.69) is 10.3 Å². The molecule has 0 unspecified atom stereocenters. The average molecular weight is 432 g/mol. The number of aromatic nitrogens is 2. The summed E-state index contributed by atoms with van der Waals surface area (Å²) in [7, 11) is 0. The Labute approximate surface area is 177 Å². The zero-order chi connectivity index (χ0) is 22.4. The van der Waals surface area contributed by atoms with Crippen molar-refractivity contribution < 1.29 is 24.2 Å². The second-order valence-corrected chi connectivity index (χ2v) is 6.71. The highest BCUT2D eigenvalue weighted by Crippen LogP contribution is 2.44. The lowest BCUT2D eigenvalue weighted by Gasteiger charge is -2.24. The molecule has 1 aliphatic heterocycles. The largest absolute Gasteiger partial charge is 0.491 e. The van der Waals surface area contributed by atoms with E-state index in [-0.39, 0.29) is 24.7 Å². The highest BCUT2D eigenvalue weighted by Gasteiger charge is 2.24. The van der Waals surface area contributed by atoms with Crippen molar-refractivity contribution in [1.82, 2.24) is 14.5 Å². The molecule has 0 radical (unpaired) electrons. The van der Waals surface area contributed by atoms with E-state index in [4.69, 9.17) is 26.0 Å². The number of carboxylic acids is 1. The molecule has 0 saturated heterocycles. The van der Waals surface area contributed by atoms with Crippen LogP contribution in [0.4, 0.5) is 11.5 Å². The van der Waals surface area contributed by atoms with Crippen LogP contribution >= 0.6 is 0 Å². The molecule has 1 aliphatic rings. The summed E-state index contributed by atoms with van der Waals surface area (Å²) in [5.74, 6) is -0.332. The minimum Gasteiger partial charge on any atom is -0.491 e. The van der Waals surface area contributed by atoms with Crippen LogP contribution in [0.3, 0.4) is 0 Å². The fraction of sp³-hybridized carbons (Fsp3) is 0.368. The first kappa shape index (κ1) is 22.1. The fourth-order valence-electron chi connectivity index (χ4n) is 2.95. The molecule has 0 spiro atoms. The number of carbonyl (C=O) groups excluding carboxylic acids is 1. The first-order valence-electron chi connectivity index (χ1n) is 9.64. The van der Waals surface area contributed by atoms with E-state index in [1.165, 1.54) is 6.20 Å². The van der Waals surface area contributed by atoms with Crippen LogP contribution in [0.5, 0.6) is 17.2 Å². The third kappa shape index (κ3) is 5.29. The number of ether oxygens (including phenoxy) is 2. The standard InChI is InChI=1S/C19H24N6O6/c20-5-2-8-30-12-3-1-4-13-17(12)22-18-14(31-13)9-25(19(29)23-18)10-15(26)24(7-6-21)11-16(27)28/h1,3-4,9H,2,5-8,10-11,20-21H2,(H,27,28)(H,22,23,29). The maximum absolute atomic E-state index is 12.5. The average Bonchev–Trinajstić information content (AvgIpc) is 2.73. The first-order chi connectivity index (χ1) is 14.9. The van der Waals surface area contributed by atoms with Crippen molar-refractivity contribution in [3.63, 3.8) is 0 Å². The number of hydrogen-bond acceptors (Lipinski definition) is 9. The molecule has 12 heteroatoms. The van der Waals surface area contributed by atoms with Gasteiger partial charge in [0, 0.05) is 13.1 Å². The Kier molecular flexibility index (Phi) is 7.05. The van der Waals surface area contributed by atoms with Gasteiger partial charge in [-0.2, -0.15) is 4.98 Å². The number of carboxylic acid groups (broad SMARTS) is 1. The Balaban J connectivity index is 1.81. The van der Waals surface area contributed by atoms with Crippen LogP contribution in [0.15, 0.2) is 29.2 Å². The van der Waals surface area contributed by atoms with Gasteiger partial charge in [0.1, 0.15) is 24.5 Å². The molecule has 31 heavy (non-hydrogen) atoms. The quantitative estimate of drug-likeness (QED) is 0.311. The van der Waals surface area contributed by atoms with Gasteiger partial charge in [0.15, 0.2) is 17.3 Å². The molecule has 3 rings (SSSR count). The number of aliphatic carboxylic acids is 1. The molecule has 0 saturated carbocycles. The molecule has 0 fully saturated rings. The molecule has 0 atom stereocenters. The van der Waals surface area contributed by atoms with Crippen LogP contribution in [-0.2, 0) is 16.1 Å². The van der Waals surface area contributed by atoms with E-state index in [1.54, 1.807) is 18.2 Å². The number of carbonyl (C=O) groups is 2. The molecule has 2 aromatic rings. The fourth-order valence-corrected chi connectivity index (χ4v) is 2.95. The van der Waals surface area contributed by atoms with Crippen molar-refractivity contribution in [2.75, 3.05) is 38.1 Å². The molecule has 0 aliphatic carbocycles. The second kappa shape index (κ2) is 9.91. The van der Waals surface area contributed by atoms with Gasteiger partial charge in [-0.1, -0.05) is 6.07 Å². The van der Waals surface area contributed by atoms with Crippen LogP contribution in [0.2, 0.25) is 0 Å². The van der Waals surface area contributed by atoms with Crippen molar-refractivity contribution in [1.29, 1.82) is 0 Å². The summed E-state index contributed by atoms with van der Waals surface area (Å²) in [6.45, 7) is 0.157. The van der Waals surface area contributed by atoms with Gasteiger partial charge in [0.25, 0.3) is 0 Å². The minimum atomic E-state index is -1.17. The van der Waals surface area contributed by atoms with E-state index < -0.39 is 30.7 Å². The Morgan fingerprint density at radius 2 is 2.06 bits per heavy atom. The number of rotatable bonds is 10. The lowest BCUT2D eigenvalue weighted by Crippen LogP contribution is -2.42. The van der Waals surface area contributed by atoms with E-state index in [9.17, 15) is 14.4 Å². The van der Waals surface area contributed by atoms with Gasteiger partial charge in [-0.25, -0.2) is 4.79 Å². The van der Waals surface area contributed by atoms with E-state index in [0.717, 1.165) is 9.47 Å². The normalized spacial score (nSPS) is 11.5. The van der Waals surface area contributed by atoms with E-state index in [1.807, 2.05) is 0 Å². The number of anilines is 2. The molecule has 2 heterocycles. The van der Waals surface area contributed by atoms with Gasteiger partial charge >= 0.3 is 11.7 Å². The monoisotopic (exact) mass is 432 g/mol. The van der Waals surface area contributed by atoms with Gasteiger partial charge < -0.3 is 36.3 Å². The second-order valence-electron chi connectivity index (χ2n) is 6.71. The molecule has 0 bridgehead atoms. The molecule has 1 aromatic carbocycles. The molecule has 1 aromatic heterocycles.